The molecule has 4 aromatic rings. The van der Waals surface area contributed by atoms with E-state index in [1.807, 2.05) is 6.07 Å². The van der Waals surface area contributed by atoms with E-state index in [0.717, 1.165) is 0 Å². The van der Waals surface area contributed by atoms with Crippen molar-refractivity contribution in [1.82, 2.24) is 0 Å². The van der Waals surface area contributed by atoms with E-state index in [4.69, 9.17) is 0 Å². The van der Waals surface area contributed by atoms with Crippen LogP contribution in [0.25, 0.3) is 0 Å². The molecule has 1 heteroatoms. The van der Waals surface area contributed by atoms with Gasteiger partial charge in [0, 0.05) is 5.56 Å². The van der Waals surface area contributed by atoms with Crippen molar-refractivity contribution in [2.24, 2.45) is 0 Å². The lowest BCUT2D eigenvalue weighted by molar-refractivity contribution is 0.563. The first-order valence-electron chi connectivity index (χ1n) is 8.85. The molecule has 130 valence electrons. The summed E-state index contributed by atoms with van der Waals surface area (Å²) in [6, 6.07) is 40.5. The van der Waals surface area contributed by atoms with Gasteiger partial charge in [0.1, 0.15) is 0 Å². The maximum absolute atomic E-state index is 9.88. The summed E-state index contributed by atoms with van der Waals surface area (Å²) in [5.74, 6) is 1.28. The van der Waals surface area contributed by atoms with Crippen molar-refractivity contribution in [2.75, 3.05) is 0 Å². The minimum Gasteiger partial charge on any atom is -0.285 e. The average molecular weight is 348 g/mol. The molecule has 0 aromatic heterocycles. The lowest BCUT2D eigenvalue weighted by Gasteiger charge is -2.17. The second-order valence-electron chi connectivity index (χ2n) is 5.94. The number of hydrogen-bond acceptors (Lipinski definition) is 1. The van der Waals surface area contributed by atoms with Gasteiger partial charge in [0.15, 0.2) is 0 Å². The third-order valence-electron chi connectivity index (χ3n) is 4.08. The van der Waals surface area contributed by atoms with E-state index in [-0.39, 0.29) is 0 Å². The van der Waals surface area contributed by atoms with Crippen LogP contribution in [0.15, 0.2) is 121 Å². The van der Waals surface area contributed by atoms with Gasteiger partial charge in [-0.15, -0.1) is 0 Å². The van der Waals surface area contributed by atoms with Crippen LogP contribution in [-0.4, -0.2) is 6.29 Å². The molecule has 4 aromatic carbocycles. The molecule has 0 aliphatic carbocycles. The third kappa shape index (κ3) is 5.26. The van der Waals surface area contributed by atoms with E-state index < -0.39 is 0 Å². The smallest absolute Gasteiger partial charge is 0.233 e. The molecule has 0 amide bonds. The first kappa shape index (κ1) is 18.3. The Hall–Kier alpha value is -3.45. The Labute approximate surface area is 160 Å². The van der Waals surface area contributed by atoms with Gasteiger partial charge < -0.3 is 0 Å². The molecule has 0 aliphatic rings. The molecular formula is C26H20O. The first-order valence-corrected chi connectivity index (χ1v) is 8.85. The zero-order valence-corrected chi connectivity index (χ0v) is 15.0. The molecule has 0 saturated heterocycles. The van der Waals surface area contributed by atoms with Gasteiger partial charge in [-0.05, 0) is 16.7 Å². The van der Waals surface area contributed by atoms with E-state index in [1.165, 1.54) is 22.6 Å². The zero-order valence-electron chi connectivity index (χ0n) is 15.0. The Morgan fingerprint density at radius 3 is 1.00 bits per heavy atom. The van der Waals surface area contributed by atoms with Crippen LogP contribution < -0.4 is 0 Å². The summed E-state index contributed by atoms with van der Waals surface area (Å²) in [6.45, 7) is 0. The molecule has 0 unspecified atom stereocenters. The topological polar surface area (TPSA) is 17.1 Å². The van der Waals surface area contributed by atoms with Gasteiger partial charge in [-0.2, -0.15) is 0 Å². The highest BCUT2D eigenvalue weighted by atomic mass is 16.1. The highest BCUT2D eigenvalue weighted by molar-refractivity contribution is 5.74. The minimum absolute atomic E-state index is 0.604. The first-order chi connectivity index (χ1) is 13.4. The Morgan fingerprint density at radius 2 is 0.741 bits per heavy atom. The van der Waals surface area contributed by atoms with Crippen molar-refractivity contribution in [3.63, 3.8) is 0 Å². The standard InChI is InChI=1S/C19H15.C7H5O/c1-4-10-16(11-5-1)19(17-12-6-2-7-13-17)18-14-8-3-9-15-18;8-6-7-4-2-1-3-5-7/h1-15H;1-5H. The molecule has 0 bridgehead atoms. The predicted octanol–water partition coefficient (Wildman–Crippen LogP) is 5.85. The fourth-order valence-electron chi connectivity index (χ4n) is 2.82. The highest BCUT2D eigenvalue weighted by Gasteiger charge is 2.16. The zero-order chi connectivity index (χ0) is 18.7. The molecule has 2 radical (unpaired) electrons. The second-order valence-corrected chi connectivity index (χ2v) is 5.94. The van der Waals surface area contributed by atoms with Crippen LogP contribution in [-0.2, 0) is 4.79 Å². The molecule has 0 saturated carbocycles. The van der Waals surface area contributed by atoms with Crippen LogP contribution in [0.3, 0.4) is 0 Å². The number of hydrogen-bond donors (Lipinski definition) is 0. The van der Waals surface area contributed by atoms with Crippen LogP contribution in [0.4, 0.5) is 0 Å². The molecule has 0 heterocycles. The Bertz CT molecular complexity index is 823. The molecule has 4 rings (SSSR count). The molecule has 0 fully saturated rings. The molecule has 1 nitrogen and oxygen atoms in total. The van der Waals surface area contributed by atoms with Crippen LogP contribution in [0.2, 0.25) is 0 Å². The van der Waals surface area contributed by atoms with Gasteiger partial charge >= 0.3 is 0 Å². The molecular weight excluding hydrogens is 328 g/mol. The monoisotopic (exact) mass is 348 g/mol. The van der Waals surface area contributed by atoms with Gasteiger partial charge in [-0.3, -0.25) is 4.79 Å². The fraction of sp³-hybridized carbons (Fsp3) is 0. The van der Waals surface area contributed by atoms with Crippen LogP contribution >= 0.6 is 0 Å². The lowest BCUT2D eigenvalue weighted by atomic mass is 9.85. The summed E-state index contributed by atoms with van der Waals surface area (Å²) >= 11 is 0. The maximum atomic E-state index is 9.88. The summed E-state index contributed by atoms with van der Waals surface area (Å²) in [7, 11) is 0. The van der Waals surface area contributed by atoms with Gasteiger partial charge in [0.25, 0.3) is 0 Å². The normalized spacial score (nSPS) is 9.96. The van der Waals surface area contributed by atoms with E-state index in [0.29, 0.717) is 5.56 Å². The SMILES string of the molecule is O=[C]c1ccccc1.c1ccc([C](c2ccccc2)c2ccccc2)cc1. The summed E-state index contributed by atoms with van der Waals surface area (Å²) < 4.78 is 0. The molecule has 27 heavy (non-hydrogen) atoms. The Balaban J connectivity index is 0.000000221. The van der Waals surface area contributed by atoms with Crippen molar-refractivity contribution in [2.45, 2.75) is 0 Å². The lowest BCUT2D eigenvalue weighted by Crippen LogP contribution is -2.03. The van der Waals surface area contributed by atoms with Gasteiger partial charge in [-0.25, -0.2) is 0 Å². The van der Waals surface area contributed by atoms with Gasteiger partial charge in [0.05, 0.1) is 5.92 Å². The quantitative estimate of drug-likeness (QED) is 0.423. The van der Waals surface area contributed by atoms with Crippen molar-refractivity contribution in [3.8, 4) is 0 Å². The molecule has 0 N–H and O–H groups in total. The summed E-state index contributed by atoms with van der Waals surface area (Å²) in [5.41, 5.74) is 4.35. The minimum atomic E-state index is 0.604. The van der Waals surface area contributed by atoms with Crippen molar-refractivity contribution in [1.29, 1.82) is 0 Å². The van der Waals surface area contributed by atoms with Crippen LogP contribution in [0.1, 0.15) is 22.3 Å². The third-order valence-corrected chi connectivity index (χ3v) is 4.08. The predicted molar refractivity (Wildman–Crippen MR) is 111 cm³/mol. The largest absolute Gasteiger partial charge is 0.285 e. The van der Waals surface area contributed by atoms with E-state index in [9.17, 15) is 4.79 Å². The number of carbonyl (C=O) groups excluding carboxylic acids is 1. The van der Waals surface area contributed by atoms with Gasteiger partial charge in [-0.1, -0.05) is 121 Å². The maximum Gasteiger partial charge on any atom is 0.233 e. The molecule has 0 spiro atoms. The van der Waals surface area contributed by atoms with E-state index in [2.05, 4.69) is 91.0 Å². The number of rotatable bonds is 4. The summed E-state index contributed by atoms with van der Waals surface area (Å²) in [5, 5.41) is 0. The molecule has 0 aliphatic heterocycles. The fourth-order valence-corrected chi connectivity index (χ4v) is 2.82. The summed E-state index contributed by atoms with van der Waals surface area (Å²) in [6.07, 6.45) is 1.78. The highest BCUT2D eigenvalue weighted by Crippen LogP contribution is 2.30. The number of benzene rings is 4. The van der Waals surface area contributed by atoms with E-state index in [1.54, 1.807) is 30.6 Å². The van der Waals surface area contributed by atoms with Gasteiger partial charge in [0.2, 0.25) is 6.29 Å². The average Bonchev–Trinajstić information content (AvgIpc) is 2.77. The van der Waals surface area contributed by atoms with Crippen LogP contribution in [0, 0.1) is 5.92 Å². The van der Waals surface area contributed by atoms with Crippen LogP contribution in [0.5, 0.6) is 0 Å². The molecule has 0 atom stereocenters. The van der Waals surface area contributed by atoms with Crippen molar-refractivity contribution >= 4 is 6.29 Å². The Kier molecular flexibility index (Phi) is 6.72. The second kappa shape index (κ2) is 9.88. The van der Waals surface area contributed by atoms with Crippen molar-refractivity contribution in [3.05, 3.63) is 149 Å². The van der Waals surface area contributed by atoms with E-state index >= 15 is 0 Å². The van der Waals surface area contributed by atoms with Crippen molar-refractivity contribution < 1.29 is 4.79 Å². The summed E-state index contributed by atoms with van der Waals surface area (Å²) in [4.78, 5) is 9.88. The Morgan fingerprint density at radius 1 is 0.444 bits per heavy atom.